The fraction of sp³-hybridized carbons (Fsp3) is 0.190. The molecule has 144 valence electrons. The molecule has 28 heavy (non-hydrogen) atoms. The smallest absolute Gasteiger partial charge is 0.343 e. The normalized spacial score (nSPS) is 16.6. The molecule has 0 aliphatic carbocycles. The van der Waals surface area contributed by atoms with Gasteiger partial charge >= 0.3 is 5.97 Å². The van der Waals surface area contributed by atoms with Crippen molar-refractivity contribution in [3.63, 3.8) is 0 Å². The average molecular weight is 396 g/mol. The number of likely N-dealkylation sites (N-methyl/N-ethyl adjacent to an activating group) is 1. The Kier molecular flexibility index (Phi) is 6.49. The van der Waals surface area contributed by atoms with E-state index in [1.54, 1.807) is 17.0 Å². The maximum absolute atomic E-state index is 12.7. The molecule has 1 saturated heterocycles. The molecule has 1 aliphatic heterocycles. The topological polar surface area (TPSA) is 68.2 Å². The maximum atomic E-state index is 12.7. The molecule has 1 fully saturated rings. The zero-order valence-electron chi connectivity index (χ0n) is 15.6. The number of amidine groups is 1. The van der Waals surface area contributed by atoms with E-state index in [1.165, 1.54) is 18.9 Å². The summed E-state index contributed by atoms with van der Waals surface area (Å²) in [5.41, 5.74) is 1.67. The third kappa shape index (κ3) is 4.80. The Labute approximate surface area is 167 Å². The number of thioether (sulfide) groups is 1. The first-order valence-electron chi connectivity index (χ1n) is 8.75. The highest BCUT2D eigenvalue weighted by molar-refractivity contribution is 8.18. The average Bonchev–Trinajstić information content (AvgIpc) is 3.01. The van der Waals surface area contributed by atoms with Gasteiger partial charge in [-0.15, -0.1) is 0 Å². The summed E-state index contributed by atoms with van der Waals surface area (Å²) < 4.78 is 9.87. The molecule has 1 aliphatic rings. The number of esters is 1. The highest BCUT2D eigenvalue weighted by Crippen LogP contribution is 2.34. The van der Waals surface area contributed by atoms with E-state index in [4.69, 9.17) is 4.74 Å². The summed E-state index contributed by atoms with van der Waals surface area (Å²) >= 11 is 1.36. The van der Waals surface area contributed by atoms with Crippen molar-refractivity contribution in [1.82, 2.24) is 4.90 Å². The van der Waals surface area contributed by atoms with Gasteiger partial charge in [0.05, 0.1) is 17.7 Å². The molecule has 6 nitrogen and oxygen atoms in total. The second kappa shape index (κ2) is 9.23. The monoisotopic (exact) mass is 396 g/mol. The van der Waals surface area contributed by atoms with Crippen LogP contribution < -0.4 is 4.74 Å². The van der Waals surface area contributed by atoms with Crippen molar-refractivity contribution in [2.75, 3.05) is 20.3 Å². The number of nitrogens with zero attached hydrogens (tertiary/aromatic N) is 2. The summed E-state index contributed by atoms with van der Waals surface area (Å²) in [7, 11) is 1.31. The SMILES string of the molecule is CCN1C(=O)/C(=C\c2ccc(OCC(=O)OC)cc2)SC1=Nc1ccccc1. The number of benzene rings is 2. The molecular weight excluding hydrogens is 376 g/mol. The van der Waals surface area contributed by atoms with Gasteiger partial charge < -0.3 is 9.47 Å². The van der Waals surface area contributed by atoms with Crippen LogP contribution in [-0.4, -0.2) is 42.2 Å². The zero-order valence-corrected chi connectivity index (χ0v) is 16.4. The molecule has 2 aromatic rings. The summed E-state index contributed by atoms with van der Waals surface area (Å²) in [5.74, 6) is 0.0525. The van der Waals surface area contributed by atoms with Gasteiger partial charge in [0.2, 0.25) is 0 Å². The minimum atomic E-state index is -0.441. The highest BCUT2D eigenvalue weighted by Gasteiger charge is 2.32. The predicted molar refractivity (Wildman–Crippen MR) is 110 cm³/mol. The van der Waals surface area contributed by atoms with Crippen LogP contribution in [0.25, 0.3) is 6.08 Å². The van der Waals surface area contributed by atoms with Crippen LogP contribution in [0.1, 0.15) is 12.5 Å². The molecule has 0 N–H and O–H groups in total. The maximum Gasteiger partial charge on any atom is 0.343 e. The Bertz CT molecular complexity index is 908. The van der Waals surface area contributed by atoms with Gasteiger partial charge in [0.15, 0.2) is 11.8 Å². The first-order valence-corrected chi connectivity index (χ1v) is 9.57. The number of hydrogen-bond donors (Lipinski definition) is 0. The van der Waals surface area contributed by atoms with Crippen LogP contribution >= 0.6 is 11.8 Å². The first kappa shape index (κ1) is 19.7. The van der Waals surface area contributed by atoms with Gasteiger partial charge in [0.1, 0.15) is 5.75 Å². The minimum Gasteiger partial charge on any atom is -0.482 e. The van der Waals surface area contributed by atoms with Crippen LogP contribution in [0, 0.1) is 0 Å². The Balaban J connectivity index is 1.75. The second-order valence-electron chi connectivity index (χ2n) is 5.82. The van der Waals surface area contributed by atoms with E-state index >= 15 is 0 Å². The van der Waals surface area contributed by atoms with Crippen molar-refractivity contribution in [1.29, 1.82) is 0 Å². The molecule has 1 amide bonds. The summed E-state index contributed by atoms with van der Waals surface area (Å²) in [6.45, 7) is 2.33. The lowest BCUT2D eigenvalue weighted by atomic mass is 10.2. The fourth-order valence-electron chi connectivity index (χ4n) is 2.50. The Morgan fingerprint density at radius 2 is 1.86 bits per heavy atom. The lowest BCUT2D eigenvalue weighted by Crippen LogP contribution is -2.28. The summed E-state index contributed by atoms with van der Waals surface area (Å²) in [6, 6.07) is 16.7. The van der Waals surface area contributed by atoms with Crippen molar-refractivity contribution in [3.8, 4) is 5.75 Å². The van der Waals surface area contributed by atoms with E-state index < -0.39 is 5.97 Å². The number of amides is 1. The van der Waals surface area contributed by atoms with Gasteiger partial charge in [-0.1, -0.05) is 30.3 Å². The predicted octanol–water partition coefficient (Wildman–Crippen LogP) is 3.86. The molecule has 0 radical (unpaired) electrons. The standard InChI is InChI=1S/C21H20N2O4S/c1-3-23-20(25)18(28-21(23)22-16-7-5-4-6-8-16)13-15-9-11-17(12-10-15)27-14-19(24)26-2/h4-13H,3,14H2,1-2H3/b18-13+,22-21?. The molecule has 2 aromatic carbocycles. The van der Waals surface area contributed by atoms with Crippen LogP contribution in [0.3, 0.4) is 0 Å². The molecule has 0 aromatic heterocycles. The molecular formula is C21H20N2O4S. The third-order valence-electron chi connectivity index (χ3n) is 3.95. The van der Waals surface area contributed by atoms with Crippen LogP contribution in [-0.2, 0) is 14.3 Å². The number of carbonyl (C=O) groups is 2. The largest absolute Gasteiger partial charge is 0.482 e. The number of carbonyl (C=O) groups excluding carboxylic acids is 2. The van der Waals surface area contributed by atoms with Crippen molar-refractivity contribution in [2.24, 2.45) is 4.99 Å². The number of rotatable bonds is 6. The molecule has 1 heterocycles. The lowest BCUT2D eigenvalue weighted by molar-refractivity contribution is -0.142. The van der Waals surface area contributed by atoms with Crippen LogP contribution in [0.4, 0.5) is 5.69 Å². The Morgan fingerprint density at radius 1 is 1.14 bits per heavy atom. The van der Waals surface area contributed by atoms with E-state index in [0.717, 1.165) is 11.3 Å². The quantitative estimate of drug-likeness (QED) is 0.548. The van der Waals surface area contributed by atoms with Gasteiger partial charge in [0.25, 0.3) is 5.91 Å². The van der Waals surface area contributed by atoms with Gasteiger partial charge in [-0.3, -0.25) is 9.69 Å². The number of para-hydroxylation sites is 1. The van der Waals surface area contributed by atoms with E-state index in [1.807, 2.05) is 55.5 Å². The number of ether oxygens (including phenoxy) is 2. The van der Waals surface area contributed by atoms with Gasteiger partial charge in [-0.2, -0.15) is 0 Å². The van der Waals surface area contributed by atoms with Gasteiger partial charge in [0, 0.05) is 6.54 Å². The highest BCUT2D eigenvalue weighted by atomic mass is 32.2. The molecule has 3 rings (SSSR count). The number of methoxy groups -OCH3 is 1. The van der Waals surface area contributed by atoms with E-state index in [2.05, 4.69) is 9.73 Å². The second-order valence-corrected chi connectivity index (χ2v) is 6.83. The van der Waals surface area contributed by atoms with Crippen molar-refractivity contribution < 1.29 is 19.1 Å². The molecule has 7 heteroatoms. The summed E-state index contributed by atoms with van der Waals surface area (Å²) in [6.07, 6.45) is 1.83. The Hall–Kier alpha value is -3.06. The van der Waals surface area contributed by atoms with Crippen molar-refractivity contribution >= 4 is 40.6 Å². The minimum absolute atomic E-state index is 0.0619. The molecule has 0 atom stereocenters. The molecule has 0 bridgehead atoms. The molecule has 0 spiro atoms. The molecule has 0 unspecified atom stereocenters. The first-order chi connectivity index (χ1) is 13.6. The van der Waals surface area contributed by atoms with E-state index in [0.29, 0.717) is 22.4 Å². The van der Waals surface area contributed by atoms with Gasteiger partial charge in [-0.05, 0) is 54.6 Å². The van der Waals surface area contributed by atoms with Crippen LogP contribution in [0.5, 0.6) is 5.75 Å². The summed E-state index contributed by atoms with van der Waals surface area (Å²) in [5, 5.41) is 0.669. The van der Waals surface area contributed by atoms with E-state index in [9.17, 15) is 9.59 Å². The van der Waals surface area contributed by atoms with Gasteiger partial charge in [-0.25, -0.2) is 9.79 Å². The number of aliphatic imine (C=N–C) groups is 1. The van der Waals surface area contributed by atoms with Crippen molar-refractivity contribution in [2.45, 2.75) is 6.92 Å². The fourth-order valence-corrected chi connectivity index (χ4v) is 3.56. The van der Waals surface area contributed by atoms with Crippen molar-refractivity contribution in [3.05, 3.63) is 65.1 Å². The Morgan fingerprint density at radius 3 is 2.50 bits per heavy atom. The summed E-state index contributed by atoms with van der Waals surface area (Å²) in [4.78, 5) is 30.7. The molecule has 0 saturated carbocycles. The van der Waals surface area contributed by atoms with Crippen LogP contribution in [0.15, 0.2) is 64.5 Å². The van der Waals surface area contributed by atoms with E-state index in [-0.39, 0.29) is 12.5 Å². The third-order valence-corrected chi connectivity index (χ3v) is 4.95. The zero-order chi connectivity index (χ0) is 19.9. The van der Waals surface area contributed by atoms with Crippen LogP contribution in [0.2, 0.25) is 0 Å². The lowest BCUT2D eigenvalue weighted by Gasteiger charge is -2.11. The number of hydrogen-bond acceptors (Lipinski definition) is 6.